The van der Waals surface area contributed by atoms with Gasteiger partial charge in [0.05, 0.1) is 23.6 Å². The van der Waals surface area contributed by atoms with Gasteiger partial charge in [-0.05, 0) is 209 Å². The van der Waals surface area contributed by atoms with E-state index >= 15 is 0 Å². The summed E-state index contributed by atoms with van der Waals surface area (Å²) >= 11 is 0. The van der Waals surface area contributed by atoms with Crippen molar-refractivity contribution in [3.63, 3.8) is 0 Å². The molecule has 13 aromatic rings. The Kier molecular flexibility index (Phi) is 25.2. The predicted molar refractivity (Wildman–Crippen MR) is 490 cm³/mol. The molecule has 2 amide bonds. The Balaban J connectivity index is 0.000000117. The molecule has 0 spiro atoms. The number of hydrogen-bond acceptors (Lipinski definition) is 22. The second-order valence-corrected chi connectivity index (χ2v) is 36.0. The molecule has 4 saturated carbocycles. The quantitative estimate of drug-likeness (QED) is 0.0556. The van der Waals surface area contributed by atoms with Gasteiger partial charge in [-0.15, -0.1) is 0 Å². The van der Waals surface area contributed by atoms with E-state index in [1.54, 1.807) is 9.80 Å². The normalized spacial score (nSPS) is 17.3. The number of hydrogen-bond donors (Lipinski definition) is 6. The number of anilines is 11. The summed E-state index contributed by atoms with van der Waals surface area (Å²) in [6.45, 7) is 25.5. The molecule has 20 rings (SSSR count). The Morgan fingerprint density at radius 1 is 0.382 bits per heavy atom. The smallest absolute Gasteiger partial charge is 0.410 e. The summed E-state index contributed by atoms with van der Waals surface area (Å²) in [5, 5.41) is 29.3. The van der Waals surface area contributed by atoms with E-state index in [0.29, 0.717) is 80.0 Å². The van der Waals surface area contributed by atoms with Gasteiger partial charge in [-0.3, -0.25) is 5.10 Å². The number of nitrogens with zero attached hydrogens (tertiary/aromatic N) is 19. The monoisotopic (exact) mass is 1660 g/mol. The van der Waals surface area contributed by atoms with Gasteiger partial charge in [-0.1, -0.05) is 64.2 Å². The molecule has 0 radical (unpaired) electrons. The number of ether oxygens (including phenoxy) is 2. The lowest BCUT2D eigenvalue weighted by Crippen LogP contribution is -2.50. The average molecular weight is 1660 g/mol. The number of piperazine rings is 3. The third-order valence-electron chi connectivity index (χ3n) is 24.8. The van der Waals surface area contributed by atoms with Crippen LogP contribution in [0.15, 0.2) is 153 Å². The summed E-state index contributed by atoms with van der Waals surface area (Å²) in [6, 6.07) is 33.4. The minimum absolute atomic E-state index is 0.234. The van der Waals surface area contributed by atoms with Crippen LogP contribution in [-0.4, -0.2) is 185 Å². The molecule has 3 aliphatic heterocycles. The van der Waals surface area contributed by atoms with Crippen LogP contribution in [0.1, 0.15) is 192 Å². The third-order valence-corrected chi connectivity index (χ3v) is 24.8. The van der Waals surface area contributed by atoms with E-state index < -0.39 is 11.2 Å². The van der Waals surface area contributed by atoms with Crippen molar-refractivity contribution >= 4 is 131 Å². The SMILES string of the molecule is CC(C)(C)OC(=O)N1CCN(c2ccc(Nc3ncc4ccn(C5CCCC5)c4n3)cc2)CC1.Cc1cn(C2CCCCC2)c2nc(Nc3ccc(N4CCN(C(=O)OC(C)(C)C)CC4)cn3)ncc12.Cc1cn(C2CCCCC2)c2nc(Nc3ccc4[nH]ncc4c3)ncc12.c1cc(N2CCNCC2)ccc1Nc1ncc2ccn(C3CCCC3)c2n1. The van der Waals surface area contributed by atoms with Gasteiger partial charge < -0.3 is 78.8 Å². The number of benzene rings is 3. The van der Waals surface area contributed by atoms with E-state index in [9.17, 15) is 9.59 Å². The molecule has 4 aliphatic carbocycles. The van der Waals surface area contributed by atoms with Crippen LogP contribution in [-0.2, 0) is 9.47 Å². The predicted octanol–water partition coefficient (Wildman–Crippen LogP) is 19.4. The Bertz CT molecular complexity index is 5720. The number of fused-ring (bicyclic) bond motifs is 5. The van der Waals surface area contributed by atoms with Crippen molar-refractivity contribution in [3.8, 4) is 0 Å². The summed E-state index contributed by atoms with van der Waals surface area (Å²) in [7, 11) is 0. The number of carbonyl (C=O) groups is 2. The molecule has 3 saturated heterocycles. The first kappa shape index (κ1) is 83.1. The molecular weight excluding hydrogens is 1540 g/mol. The molecule has 0 unspecified atom stereocenters. The first-order chi connectivity index (χ1) is 59.8. The number of pyridine rings is 1. The van der Waals surface area contributed by atoms with Gasteiger partial charge in [-0.25, -0.2) is 34.5 Å². The molecule has 10 aromatic heterocycles. The van der Waals surface area contributed by atoms with Gasteiger partial charge in [0, 0.05) is 208 Å². The Morgan fingerprint density at radius 3 is 1.22 bits per heavy atom. The molecule has 29 heteroatoms. The number of amides is 2. The average Bonchev–Trinajstić information content (AvgIpc) is 1.58. The summed E-state index contributed by atoms with van der Waals surface area (Å²) < 4.78 is 20.4. The number of aromatic nitrogens is 15. The minimum Gasteiger partial charge on any atom is -0.444 e. The Morgan fingerprint density at radius 2 is 0.772 bits per heavy atom. The largest absolute Gasteiger partial charge is 0.444 e. The number of carbonyl (C=O) groups excluding carboxylic acids is 2. The summed E-state index contributed by atoms with van der Waals surface area (Å²) in [6.07, 6.45) is 42.6. The number of aromatic amines is 1. The number of H-pyrrole nitrogens is 1. The topological polar surface area (TPSA) is 293 Å². The number of rotatable bonds is 15. The fourth-order valence-electron chi connectivity index (χ4n) is 18.3. The molecular formula is C94H119N25O4. The van der Waals surface area contributed by atoms with Crippen molar-refractivity contribution in [2.24, 2.45) is 0 Å². The van der Waals surface area contributed by atoms with Gasteiger partial charge in [0.2, 0.25) is 23.8 Å². The maximum atomic E-state index is 12.3. The highest BCUT2D eigenvalue weighted by molar-refractivity contribution is 5.85. The highest BCUT2D eigenvalue weighted by Gasteiger charge is 2.30. The van der Waals surface area contributed by atoms with Crippen molar-refractivity contribution in [3.05, 3.63) is 164 Å². The van der Waals surface area contributed by atoms with Gasteiger partial charge in [0.15, 0.2) is 0 Å². The second kappa shape index (κ2) is 37.3. The molecule has 3 aromatic carbocycles. The first-order valence-corrected chi connectivity index (χ1v) is 44.7. The lowest BCUT2D eigenvalue weighted by molar-refractivity contribution is 0.0230. The van der Waals surface area contributed by atoms with Gasteiger partial charge in [0.25, 0.3) is 0 Å². The molecule has 0 atom stereocenters. The first-order valence-electron chi connectivity index (χ1n) is 44.7. The van der Waals surface area contributed by atoms with Crippen LogP contribution in [0, 0.1) is 13.8 Å². The van der Waals surface area contributed by atoms with Crippen LogP contribution < -0.4 is 41.3 Å². The maximum absolute atomic E-state index is 12.3. The van der Waals surface area contributed by atoms with E-state index in [2.05, 4.69) is 200 Å². The molecule has 644 valence electrons. The Labute approximate surface area is 719 Å². The van der Waals surface area contributed by atoms with Crippen LogP contribution in [0.4, 0.5) is 73.3 Å². The van der Waals surface area contributed by atoms with E-state index in [-0.39, 0.29) is 12.2 Å². The van der Waals surface area contributed by atoms with Crippen LogP contribution in [0.3, 0.4) is 0 Å². The van der Waals surface area contributed by atoms with Gasteiger partial charge in [-0.2, -0.15) is 25.0 Å². The van der Waals surface area contributed by atoms with Crippen molar-refractivity contribution in [2.75, 3.05) is 115 Å². The lowest BCUT2D eigenvalue weighted by Gasteiger charge is -2.36. The van der Waals surface area contributed by atoms with Gasteiger partial charge in [0.1, 0.15) is 39.6 Å². The van der Waals surface area contributed by atoms with Crippen molar-refractivity contribution in [1.82, 2.24) is 88.4 Å². The van der Waals surface area contributed by atoms with Crippen molar-refractivity contribution < 1.29 is 19.1 Å². The zero-order chi connectivity index (χ0) is 84.6. The Hall–Kier alpha value is -12.1. The second-order valence-electron chi connectivity index (χ2n) is 36.0. The van der Waals surface area contributed by atoms with Gasteiger partial charge >= 0.3 is 12.2 Å². The van der Waals surface area contributed by atoms with Crippen LogP contribution in [0.5, 0.6) is 0 Å². The standard InChI is InChI=1S/C27H37N7O2.C26H34N6O2.C21H26N6.C20H22N6/c1-19-18-34(20-8-6-5-7-9-20)24-22(19)17-29-25(31-24)30-23-11-10-21(16-28-23)32-12-14-33(15-13-32)26(35)36-27(2,3)4;1-26(2,3)34-25(33)31-16-14-30(15-17-31)21-10-8-20(9-11-21)28-24-27-18-19-12-13-32(23(19)29-24)22-6-4-5-7-22;1-2-4-19(3-1)27-12-9-16-15-23-21(25-20(16)27)24-17-5-7-18(8-6-17)26-13-10-22-11-14-26;1-13-12-26(16-5-3-2-4-6-16)19-17(13)11-21-20(24-19)23-15-7-8-18-14(9-15)10-22-25-18/h10-11,16-18,20H,5-9,12-15H2,1-4H3,(H,28,29,30,31);8-13,18,22H,4-7,14-17H2,1-3H3,(H,27,28,29);5-9,12,15,19,22H,1-4,10-11,13-14H2,(H,23,24,25);7-12,16H,2-6H2,1H3,(H,22,25)(H,21,23,24). The zero-order valence-electron chi connectivity index (χ0n) is 72.6. The molecule has 7 fully saturated rings. The van der Waals surface area contributed by atoms with E-state index in [0.717, 1.165) is 136 Å². The van der Waals surface area contributed by atoms with E-state index in [1.807, 2.05) is 103 Å². The van der Waals surface area contributed by atoms with Crippen LogP contribution in [0.2, 0.25) is 0 Å². The van der Waals surface area contributed by atoms with E-state index in [4.69, 9.17) is 29.4 Å². The fourth-order valence-corrected chi connectivity index (χ4v) is 18.3. The maximum Gasteiger partial charge on any atom is 0.410 e. The summed E-state index contributed by atoms with van der Waals surface area (Å²) in [5.41, 5.74) is 13.0. The molecule has 6 N–H and O–H groups in total. The van der Waals surface area contributed by atoms with Crippen molar-refractivity contribution in [2.45, 2.75) is 206 Å². The summed E-state index contributed by atoms with van der Waals surface area (Å²) in [4.78, 5) is 77.2. The highest BCUT2D eigenvalue weighted by Crippen LogP contribution is 2.39. The molecule has 13 heterocycles. The number of nitrogens with one attached hydrogen (secondary N) is 6. The number of aryl methyl sites for hydroxylation is 2. The summed E-state index contributed by atoms with van der Waals surface area (Å²) in [5.74, 6) is 3.18. The van der Waals surface area contributed by atoms with Crippen LogP contribution in [0.25, 0.3) is 55.0 Å². The highest BCUT2D eigenvalue weighted by atomic mass is 16.6. The molecule has 123 heavy (non-hydrogen) atoms. The molecule has 0 bridgehead atoms. The molecule has 29 nitrogen and oxygen atoms in total. The molecule has 7 aliphatic rings. The zero-order valence-corrected chi connectivity index (χ0v) is 72.6. The lowest BCUT2D eigenvalue weighted by atomic mass is 9.95. The van der Waals surface area contributed by atoms with Crippen LogP contribution >= 0.6 is 0 Å². The minimum atomic E-state index is -0.479. The van der Waals surface area contributed by atoms with Crippen molar-refractivity contribution in [1.29, 1.82) is 0 Å². The fraction of sp³-hybridized carbons (Fsp3) is 0.468. The third kappa shape index (κ3) is 20.3. The van der Waals surface area contributed by atoms with E-state index in [1.165, 1.54) is 132 Å².